The Hall–Kier alpha value is -3.55. The molecule has 4 aromatic heterocycles. The zero-order chi connectivity index (χ0) is 20.1. The third-order valence-corrected chi connectivity index (χ3v) is 5.11. The molecule has 0 unspecified atom stereocenters. The Morgan fingerprint density at radius 1 is 1.00 bits per heavy atom. The number of imidazole rings is 1. The number of benzene rings is 1. The molecule has 1 aromatic carbocycles. The maximum absolute atomic E-state index is 12.8. The molecular weight excluding hydrogens is 374 g/mol. The first-order valence-corrected chi connectivity index (χ1v) is 9.28. The van der Waals surface area contributed by atoms with Crippen molar-refractivity contribution in [3.63, 3.8) is 0 Å². The van der Waals surface area contributed by atoms with Gasteiger partial charge in [0, 0.05) is 46.7 Å². The van der Waals surface area contributed by atoms with E-state index >= 15 is 0 Å². The SMILES string of the molecule is CC(C)n1cnc2ccc(-c3c[nH]c4ncc(-c5cnn(C(F)F)c5)cc34)cc21. The molecule has 5 rings (SSSR count). The molecule has 1 N–H and O–H groups in total. The summed E-state index contributed by atoms with van der Waals surface area (Å²) in [6.07, 6.45) is 8.18. The highest BCUT2D eigenvalue weighted by atomic mass is 19.3. The Kier molecular flexibility index (Phi) is 3.94. The van der Waals surface area contributed by atoms with Crippen LogP contribution in [0.1, 0.15) is 26.4 Å². The van der Waals surface area contributed by atoms with Crippen molar-refractivity contribution < 1.29 is 8.78 Å². The summed E-state index contributed by atoms with van der Waals surface area (Å²) < 4.78 is 28.5. The number of nitrogens with one attached hydrogen (secondary N) is 1. The summed E-state index contributed by atoms with van der Waals surface area (Å²) in [4.78, 5) is 12.1. The standard InChI is InChI=1S/C21H18F2N6/c1-12(2)28-11-26-18-4-3-13(6-19(18)28)17-9-25-20-16(17)5-14(7-24-20)15-8-27-29(10-15)21(22)23/h3-12,21H,1-2H3,(H,24,25). The number of aromatic amines is 1. The van der Waals surface area contributed by atoms with Crippen LogP contribution in [0.4, 0.5) is 8.78 Å². The summed E-state index contributed by atoms with van der Waals surface area (Å²) in [5, 5.41) is 4.63. The summed E-state index contributed by atoms with van der Waals surface area (Å²) in [5.41, 5.74) is 6.11. The van der Waals surface area contributed by atoms with Gasteiger partial charge in [-0.15, -0.1) is 0 Å². The number of rotatable bonds is 4. The molecule has 0 radical (unpaired) electrons. The average molecular weight is 392 g/mol. The lowest BCUT2D eigenvalue weighted by molar-refractivity contribution is 0.0566. The van der Waals surface area contributed by atoms with Gasteiger partial charge < -0.3 is 9.55 Å². The number of hydrogen-bond donors (Lipinski definition) is 1. The van der Waals surface area contributed by atoms with Crippen LogP contribution in [0.2, 0.25) is 0 Å². The molecule has 0 saturated carbocycles. The average Bonchev–Trinajstić information content (AvgIpc) is 3.44. The minimum absolute atomic E-state index is 0.304. The normalized spacial score (nSPS) is 12.1. The van der Waals surface area contributed by atoms with Gasteiger partial charge in [-0.05, 0) is 37.6 Å². The number of alkyl halides is 2. The van der Waals surface area contributed by atoms with Gasteiger partial charge in [-0.1, -0.05) is 6.07 Å². The van der Waals surface area contributed by atoms with E-state index in [1.54, 1.807) is 6.20 Å². The predicted molar refractivity (Wildman–Crippen MR) is 108 cm³/mol. The summed E-state index contributed by atoms with van der Waals surface area (Å²) in [7, 11) is 0. The van der Waals surface area contributed by atoms with Gasteiger partial charge >= 0.3 is 6.55 Å². The van der Waals surface area contributed by atoms with E-state index in [2.05, 4.69) is 44.5 Å². The van der Waals surface area contributed by atoms with E-state index in [-0.39, 0.29) is 0 Å². The lowest BCUT2D eigenvalue weighted by atomic mass is 10.0. The number of hydrogen-bond acceptors (Lipinski definition) is 3. The summed E-state index contributed by atoms with van der Waals surface area (Å²) in [5.74, 6) is 0. The van der Waals surface area contributed by atoms with Crippen LogP contribution in [0.3, 0.4) is 0 Å². The van der Waals surface area contributed by atoms with Gasteiger partial charge in [0.2, 0.25) is 0 Å². The molecule has 0 fully saturated rings. The Morgan fingerprint density at radius 2 is 1.86 bits per heavy atom. The number of fused-ring (bicyclic) bond motifs is 2. The molecule has 146 valence electrons. The smallest absolute Gasteiger partial charge is 0.333 e. The summed E-state index contributed by atoms with van der Waals surface area (Å²) in [6, 6.07) is 8.41. The van der Waals surface area contributed by atoms with Gasteiger partial charge in [0.05, 0.1) is 23.6 Å². The highest BCUT2D eigenvalue weighted by molar-refractivity contribution is 5.97. The number of nitrogens with zero attached hydrogens (tertiary/aromatic N) is 5. The van der Waals surface area contributed by atoms with Crippen LogP contribution in [-0.2, 0) is 0 Å². The van der Waals surface area contributed by atoms with Gasteiger partial charge in [0.25, 0.3) is 0 Å². The van der Waals surface area contributed by atoms with Crippen LogP contribution >= 0.6 is 0 Å². The van der Waals surface area contributed by atoms with E-state index in [4.69, 9.17) is 0 Å². The molecular formula is C21H18F2N6. The first kappa shape index (κ1) is 17.5. The molecule has 0 bridgehead atoms. The maximum Gasteiger partial charge on any atom is 0.333 e. The Bertz CT molecular complexity index is 1330. The van der Waals surface area contributed by atoms with Gasteiger partial charge in [-0.3, -0.25) is 0 Å². The number of aromatic nitrogens is 6. The van der Waals surface area contributed by atoms with Crippen LogP contribution in [0, 0.1) is 0 Å². The molecule has 6 nitrogen and oxygen atoms in total. The molecule has 4 heterocycles. The second kappa shape index (κ2) is 6.51. The van der Waals surface area contributed by atoms with Crippen molar-refractivity contribution >= 4 is 22.1 Å². The van der Waals surface area contributed by atoms with Crippen LogP contribution in [0.15, 0.2) is 55.4 Å². The van der Waals surface area contributed by atoms with Crippen molar-refractivity contribution in [3.05, 3.63) is 55.4 Å². The van der Waals surface area contributed by atoms with E-state index in [1.165, 1.54) is 12.4 Å². The van der Waals surface area contributed by atoms with Gasteiger partial charge in [-0.25, -0.2) is 14.6 Å². The Balaban J connectivity index is 1.63. The minimum atomic E-state index is -2.67. The van der Waals surface area contributed by atoms with Crippen LogP contribution in [0.5, 0.6) is 0 Å². The third-order valence-electron chi connectivity index (χ3n) is 5.11. The van der Waals surface area contributed by atoms with Crippen molar-refractivity contribution in [1.82, 2.24) is 29.3 Å². The monoisotopic (exact) mass is 392 g/mol. The largest absolute Gasteiger partial charge is 0.346 e. The van der Waals surface area contributed by atoms with E-state index in [0.717, 1.165) is 38.8 Å². The lowest BCUT2D eigenvalue weighted by Crippen LogP contribution is -1.97. The highest BCUT2D eigenvalue weighted by Crippen LogP contribution is 2.33. The number of H-pyrrole nitrogens is 1. The molecule has 0 saturated heterocycles. The molecule has 0 aliphatic rings. The second-order valence-electron chi connectivity index (χ2n) is 7.26. The van der Waals surface area contributed by atoms with Crippen LogP contribution in [0.25, 0.3) is 44.3 Å². The van der Waals surface area contributed by atoms with Crippen molar-refractivity contribution in [2.75, 3.05) is 0 Å². The van der Waals surface area contributed by atoms with Crippen LogP contribution < -0.4 is 0 Å². The number of pyridine rings is 1. The van der Waals surface area contributed by atoms with E-state index < -0.39 is 6.55 Å². The molecule has 0 aliphatic carbocycles. The fraction of sp³-hybridized carbons (Fsp3) is 0.190. The fourth-order valence-electron chi connectivity index (χ4n) is 3.60. The second-order valence-corrected chi connectivity index (χ2v) is 7.26. The van der Waals surface area contributed by atoms with Crippen molar-refractivity contribution in [1.29, 1.82) is 0 Å². The van der Waals surface area contributed by atoms with E-state index in [9.17, 15) is 8.78 Å². The Morgan fingerprint density at radius 3 is 2.62 bits per heavy atom. The molecule has 5 aromatic rings. The molecule has 0 spiro atoms. The summed E-state index contributed by atoms with van der Waals surface area (Å²) >= 11 is 0. The molecule has 8 heteroatoms. The maximum atomic E-state index is 12.8. The van der Waals surface area contributed by atoms with Gasteiger partial charge in [0.15, 0.2) is 0 Å². The molecule has 0 aliphatic heterocycles. The zero-order valence-corrected chi connectivity index (χ0v) is 15.8. The highest BCUT2D eigenvalue weighted by Gasteiger charge is 2.14. The van der Waals surface area contributed by atoms with Crippen molar-refractivity contribution in [2.45, 2.75) is 26.4 Å². The number of halogens is 2. The van der Waals surface area contributed by atoms with Crippen LogP contribution in [-0.4, -0.2) is 29.3 Å². The molecule has 0 atom stereocenters. The molecule has 0 amide bonds. The quantitative estimate of drug-likeness (QED) is 0.444. The first-order valence-electron chi connectivity index (χ1n) is 9.28. The zero-order valence-electron chi connectivity index (χ0n) is 15.8. The first-order chi connectivity index (χ1) is 14.0. The molecule has 29 heavy (non-hydrogen) atoms. The summed E-state index contributed by atoms with van der Waals surface area (Å²) in [6.45, 7) is 1.57. The van der Waals surface area contributed by atoms with Gasteiger partial charge in [-0.2, -0.15) is 13.9 Å². The lowest BCUT2D eigenvalue weighted by Gasteiger charge is -2.09. The minimum Gasteiger partial charge on any atom is -0.346 e. The Labute approximate surface area is 164 Å². The fourth-order valence-corrected chi connectivity index (χ4v) is 3.60. The van der Waals surface area contributed by atoms with Gasteiger partial charge in [0.1, 0.15) is 5.65 Å². The topological polar surface area (TPSA) is 64.3 Å². The van der Waals surface area contributed by atoms with E-state index in [1.807, 2.05) is 30.7 Å². The predicted octanol–water partition coefficient (Wildman–Crippen LogP) is 5.42. The third kappa shape index (κ3) is 2.88. The van der Waals surface area contributed by atoms with E-state index in [0.29, 0.717) is 16.3 Å². The van der Waals surface area contributed by atoms with Crippen molar-refractivity contribution in [2.24, 2.45) is 0 Å². The van der Waals surface area contributed by atoms with Crippen molar-refractivity contribution in [3.8, 4) is 22.3 Å².